The van der Waals surface area contributed by atoms with E-state index < -0.39 is 43.4 Å². The van der Waals surface area contributed by atoms with Gasteiger partial charge in [-0.2, -0.15) is 0 Å². The van der Waals surface area contributed by atoms with E-state index in [0.717, 1.165) is 51.4 Å². The second kappa shape index (κ2) is 45.6. The molecule has 63 heavy (non-hydrogen) atoms. The van der Waals surface area contributed by atoms with E-state index in [0.29, 0.717) is 13.0 Å². The SMILES string of the molecule is CCCCCCC/C=C\C/C=C\CCCCCCCCCCCCCCOCC(COC1OC(CO)C(O)C(O)C1O)OC(=O)CCCCCCC/C=C\CCCCCCCCC. The fraction of sp³-hybridized carbons (Fsp3) is 0.870. The van der Waals surface area contributed by atoms with Crippen molar-refractivity contribution in [1.29, 1.82) is 0 Å². The molecule has 0 aromatic heterocycles. The van der Waals surface area contributed by atoms with Crippen LogP contribution in [0.15, 0.2) is 36.5 Å². The molecule has 0 aromatic carbocycles. The maximum absolute atomic E-state index is 12.8. The normalized spacial score (nSPS) is 19.9. The molecule has 370 valence electrons. The fourth-order valence-corrected chi connectivity index (χ4v) is 8.11. The van der Waals surface area contributed by atoms with E-state index in [4.69, 9.17) is 18.9 Å². The number of unbranched alkanes of at least 4 members (excludes halogenated alkanes) is 29. The van der Waals surface area contributed by atoms with E-state index >= 15 is 0 Å². The van der Waals surface area contributed by atoms with Crippen molar-refractivity contribution >= 4 is 5.97 Å². The molecule has 0 bridgehead atoms. The van der Waals surface area contributed by atoms with Crippen molar-refractivity contribution in [3.8, 4) is 0 Å². The number of carbonyl (C=O) groups is 1. The number of ether oxygens (including phenoxy) is 4. The highest BCUT2D eigenvalue weighted by atomic mass is 16.7. The van der Waals surface area contributed by atoms with Gasteiger partial charge in [0.05, 0.1) is 19.8 Å². The maximum Gasteiger partial charge on any atom is 0.306 e. The summed E-state index contributed by atoms with van der Waals surface area (Å²) in [7, 11) is 0. The number of hydrogen-bond donors (Lipinski definition) is 4. The largest absolute Gasteiger partial charge is 0.457 e. The summed E-state index contributed by atoms with van der Waals surface area (Å²) >= 11 is 0. The summed E-state index contributed by atoms with van der Waals surface area (Å²) in [6.07, 6.45) is 48.9. The van der Waals surface area contributed by atoms with Crippen molar-refractivity contribution in [3.63, 3.8) is 0 Å². The van der Waals surface area contributed by atoms with Crippen LogP contribution in [0.5, 0.6) is 0 Å². The Morgan fingerprint density at radius 2 is 0.921 bits per heavy atom. The van der Waals surface area contributed by atoms with Crippen LogP contribution in [-0.2, 0) is 23.7 Å². The molecule has 0 spiro atoms. The number of rotatable bonds is 46. The van der Waals surface area contributed by atoms with E-state index in [-0.39, 0.29) is 19.2 Å². The molecule has 9 heteroatoms. The number of aliphatic hydroxyl groups excluding tert-OH is 4. The van der Waals surface area contributed by atoms with Gasteiger partial charge in [0.2, 0.25) is 0 Å². The van der Waals surface area contributed by atoms with Crippen molar-refractivity contribution in [2.24, 2.45) is 0 Å². The predicted molar refractivity (Wildman–Crippen MR) is 261 cm³/mol. The first-order valence-corrected chi connectivity index (χ1v) is 26.6. The summed E-state index contributed by atoms with van der Waals surface area (Å²) in [4.78, 5) is 12.8. The van der Waals surface area contributed by atoms with Gasteiger partial charge in [0.1, 0.15) is 30.5 Å². The van der Waals surface area contributed by atoms with Crippen LogP contribution in [0.3, 0.4) is 0 Å². The van der Waals surface area contributed by atoms with Gasteiger partial charge >= 0.3 is 5.97 Å². The van der Waals surface area contributed by atoms with Gasteiger partial charge in [-0.15, -0.1) is 0 Å². The Labute approximate surface area is 387 Å². The van der Waals surface area contributed by atoms with Crippen LogP contribution < -0.4 is 0 Å². The van der Waals surface area contributed by atoms with Gasteiger partial charge in [0.25, 0.3) is 0 Å². The van der Waals surface area contributed by atoms with Gasteiger partial charge in [-0.3, -0.25) is 4.79 Å². The van der Waals surface area contributed by atoms with Crippen molar-refractivity contribution in [2.75, 3.05) is 26.4 Å². The summed E-state index contributed by atoms with van der Waals surface area (Å²) in [5.74, 6) is -0.320. The fourth-order valence-electron chi connectivity index (χ4n) is 8.11. The Balaban J connectivity index is 2.17. The van der Waals surface area contributed by atoms with Gasteiger partial charge < -0.3 is 39.4 Å². The Morgan fingerprint density at radius 3 is 1.38 bits per heavy atom. The highest BCUT2D eigenvalue weighted by Crippen LogP contribution is 2.23. The van der Waals surface area contributed by atoms with E-state index in [1.165, 1.54) is 167 Å². The van der Waals surface area contributed by atoms with Crippen molar-refractivity contribution in [2.45, 2.75) is 275 Å². The first-order valence-electron chi connectivity index (χ1n) is 26.6. The Kier molecular flexibility index (Phi) is 43.0. The molecule has 6 atom stereocenters. The molecule has 0 aliphatic carbocycles. The third-order valence-electron chi connectivity index (χ3n) is 12.3. The lowest BCUT2D eigenvalue weighted by Gasteiger charge is -2.39. The summed E-state index contributed by atoms with van der Waals surface area (Å²) in [5, 5.41) is 40.2. The minimum Gasteiger partial charge on any atom is -0.457 e. The molecule has 1 heterocycles. The third kappa shape index (κ3) is 36.2. The van der Waals surface area contributed by atoms with Crippen LogP contribution in [0.1, 0.15) is 239 Å². The van der Waals surface area contributed by atoms with Crippen LogP contribution in [0.25, 0.3) is 0 Å². The first-order chi connectivity index (χ1) is 30.9. The first kappa shape index (κ1) is 59.4. The predicted octanol–water partition coefficient (Wildman–Crippen LogP) is 13.1. The third-order valence-corrected chi connectivity index (χ3v) is 12.3. The summed E-state index contributed by atoms with van der Waals surface area (Å²) in [5.41, 5.74) is 0. The number of esters is 1. The van der Waals surface area contributed by atoms with Crippen LogP contribution in [0.4, 0.5) is 0 Å². The van der Waals surface area contributed by atoms with Crippen molar-refractivity contribution in [3.05, 3.63) is 36.5 Å². The summed E-state index contributed by atoms with van der Waals surface area (Å²) in [6, 6.07) is 0. The molecule has 1 fully saturated rings. The zero-order valence-corrected chi connectivity index (χ0v) is 40.8. The van der Waals surface area contributed by atoms with E-state index in [2.05, 4.69) is 50.3 Å². The second-order valence-electron chi connectivity index (χ2n) is 18.3. The van der Waals surface area contributed by atoms with Crippen molar-refractivity contribution < 1.29 is 44.2 Å². The Morgan fingerprint density at radius 1 is 0.508 bits per heavy atom. The minimum atomic E-state index is -1.54. The molecule has 4 N–H and O–H groups in total. The molecule has 9 nitrogen and oxygen atoms in total. The molecular weight excluding hydrogens is 793 g/mol. The number of aliphatic hydroxyl groups is 4. The second-order valence-corrected chi connectivity index (χ2v) is 18.3. The van der Waals surface area contributed by atoms with E-state index in [9.17, 15) is 25.2 Å². The molecule has 0 amide bonds. The zero-order valence-electron chi connectivity index (χ0n) is 40.8. The highest BCUT2D eigenvalue weighted by molar-refractivity contribution is 5.69. The molecule has 6 unspecified atom stereocenters. The molecule has 0 aromatic rings. The number of carbonyl (C=O) groups excluding carboxylic acids is 1. The molecule has 0 radical (unpaired) electrons. The summed E-state index contributed by atoms with van der Waals surface area (Å²) in [6.45, 7) is 4.56. The number of hydrogen-bond acceptors (Lipinski definition) is 9. The Bertz CT molecular complexity index is 1060. The van der Waals surface area contributed by atoms with Crippen LogP contribution in [-0.4, -0.2) is 89.6 Å². The lowest BCUT2D eigenvalue weighted by molar-refractivity contribution is -0.305. The monoisotopic (exact) mass is 893 g/mol. The Hall–Kier alpha value is -1.59. The molecule has 1 aliphatic heterocycles. The van der Waals surface area contributed by atoms with E-state index in [1.54, 1.807) is 0 Å². The topological polar surface area (TPSA) is 135 Å². The number of allylic oxidation sites excluding steroid dienone is 6. The highest BCUT2D eigenvalue weighted by Gasteiger charge is 2.44. The van der Waals surface area contributed by atoms with Gasteiger partial charge in [0.15, 0.2) is 6.29 Å². The molecule has 1 aliphatic rings. The average Bonchev–Trinajstić information content (AvgIpc) is 3.28. The van der Waals surface area contributed by atoms with Gasteiger partial charge in [-0.25, -0.2) is 0 Å². The van der Waals surface area contributed by atoms with Gasteiger partial charge in [0, 0.05) is 13.0 Å². The lowest BCUT2D eigenvalue weighted by Crippen LogP contribution is -2.59. The molecule has 0 saturated carbocycles. The average molecular weight is 893 g/mol. The molecular formula is C54H100O9. The van der Waals surface area contributed by atoms with Crippen molar-refractivity contribution in [1.82, 2.24) is 0 Å². The maximum atomic E-state index is 12.8. The molecule has 1 saturated heterocycles. The van der Waals surface area contributed by atoms with Crippen LogP contribution >= 0.6 is 0 Å². The smallest absolute Gasteiger partial charge is 0.306 e. The lowest BCUT2D eigenvalue weighted by atomic mass is 9.99. The zero-order chi connectivity index (χ0) is 45.7. The quantitative estimate of drug-likeness (QED) is 0.0268. The standard InChI is InChI=1S/C54H100O9/c1-3-5-7-9-11-13-15-17-19-21-22-23-24-25-26-27-28-30-32-34-36-38-40-42-44-60-46-48(47-61-54-53(59)52(58)51(57)49(45-55)63-54)62-50(56)43-41-39-37-35-33-31-29-20-18-16-14-12-10-8-6-4-2/h15,17,20-22,29,48-49,51-55,57-59H,3-14,16,18-19,23-28,30-47H2,1-2H3/b17-15-,22-21-,29-20-. The van der Waals surface area contributed by atoms with Crippen LogP contribution in [0, 0.1) is 0 Å². The minimum absolute atomic E-state index is 0.115. The summed E-state index contributed by atoms with van der Waals surface area (Å²) < 4.78 is 22.9. The van der Waals surface area contributed by atoms with Gasteiger partial charge in [-0.05, 0) is 70.6 Å². The molecule has 1 rings (SSSR count). The van der Waals surface area contributed by atoms with E-state index in [1.807, 2.05) is 0 Å². The van der Waals surface area contributed by atoms with Crippen LogP contribution in [0.2, 0.25) is 0 Å². The van der Waals surface area contributed by atoms with Gasteiger partial charge in [-0.1, -0.05) is 198 Å².